The van der Waals surface area contributed by atoms with E-state index >= 15 is 0 Å². The molecule has 0 radical (unpaired) electrons. The van der Waals surface area contributed by atoms with Gasteiger partial charge < -0.3 is 11.5 Å². The minimum atomic E-state index is -3.96. The molecule has 1 rings (SSSR count). The fourth-order valence-corrected chi connectivity index (χ4v) is 2.61. The van der Waals surface area contributed by atoms with E-state index in [0.29, 0.717) is 0 Å². The smallest absolute Gasteiger partial charge is 0.241 e. The number of aryl methyl sites for hydroxylation is 1. The molecule has 5 N–H and O–H groups in total. The number of carbonyl (C=O) groups is 1. The van der Waals surface area contributed by atoms with Crippen molar-refractivity contribution in [1.82, 2.24) is 4.72 Å². The van der Waals surface area contributed by atoms with E-state index in [9.17, 15) is 17.6 Å². The highest BCUT2D eigenvalue weighted by molar-refractivity contribution is 7.89. The largest absolute Gasteiger partial charge is 0.396 e. The van der Waals surface area contributed by atoms with Gasteiger partial charge in [-0.15, -0.1) is 0 Å². The highest BCUT2D eigenvalue weighted by atomic mass is 32.2. The Morgan fingerprint density at radius 1 is 1.44 bits per heavy atom. The Labute approximate surface area is 104 Å². The number of nitrogens with one attached hydrogen (secondary N) is 1. The van der Waals surface area contributed by atoms with Gasteiger partial charge in [-0.3, -0.25) is 4.79 Å². The molecule has 18 heavy (non-hydrogen) atoms. The summed E-state index contributed by atoms with van der Waals surface area (Å²) in [6.07, 6.45) is 0. The van der Waals surface area contributed by atoms with Crippen LogP contribution in [-0.4, -0.2) is 20.4 Å². The van der Waals surface area contributed by atoms with Crippen LogP contribution in [0.2, 0.25) is 0 Å². The van der Waals surface area contributed by atoms with Crippen LogP contribution >= 0.6 is 0 Å². The Morgan fingerprint density at radius 3 is 2.44 bits per heavy atom. The summed E-state index contributed by atoms with van der Waals surface area (Å²) >= 11 is 0. The van der Waals surface area contributed by atoms with Gasteiger partial charge in [-0.25, -0.2) is 12.8 Å². The summed E-state index contributed by atoms with van der Waals surface area (Å²) in [4.78, 5) is 10.6. The maximum absolute atomic E-state index is 13.3. The van der Waals surface area contributed by atoms with Crippen LogP contribution in [0.15, 0.2) is 17.0 Å². The van der Waals surface area contributed by atoms with E-state index in [1.54, 1.807) is 0 Å². The van der Waals surface area contributed by atoms with Gasteiger partial charge in [0.2, 0.25) is 15.9 Å². The van der Waals surface area contributed by atoms with Crippen molar-refractivity contribution >= 4 is 21.6 Å². The van der Waals surface area contributed by atoms with Gasteiger partial charge in [-0.05, 0) is 31.5 Å². The van der Waals surface area contributed by atoms with Crippen molar-refractivity contribution in [3.63, 3.8) is 0 Å². The molecule has 0 aliphatic carbocycles. The molecule has 100 valence electrons. The molecule has 0 fully saturated rings. The van der Waals surface area contributed by atoms with Crippen LogP contribution < -0.4 is 16.2 Å². The first kappa shape index (κ1) is 14.4. The fourth-order valence-electron chi connectivity index (χ4n) is 1.28. The minimum Gasteiger partial charge on any atom is -0.396 e. The van der Waals surface area contributed by atoms with Crippen LogP contribution in [0.3, 0.4) is 0 Å². The quantitative estimate of drug-likeness (QED) is 0.664. The lowest BCUT2D eigenvalue weighted by Gasteiger charge is -2.12. The fraction of sp³-hybridized carbons (Fsp3) is 0.300. The second-order valence-electron chi connectivity index (χ2n) is 3.89. The van der Waals surface area contributed by atoms with Gasteiger partial charge in [0.1, 0.15) is 5.82 Å². The Hall–Kier alpha value is -1.67. The third kappa shape index (κ3) is 2.96. The maximum Gasteiger partial charge on any atom is 0.241 e. The first-order chi connectivity index (χ1) is 8.15. The van der Waals surface area contributed by atoms with Crippen LogP contribution in [0.1, 0.15) is 12.5 Å². The molecule has 0 saturated heterocycles. The summed E-state index contributed by atoms with van der Waals surface area (Å²) in [5.41, 5.74) is 10.1. The Balaban J connectivity index is 3.18. The van der Waals surface area contributed by atoms with Crippen molar-refractivity contribution in [3.05, 3.63) is 23.5 Å². The van der Waals surface area contributed by atoms with Crippen molar-refractivity contribution in [2.75, 3.05) is 5.73 Å². The predicted molar refractivity (Wildman–Crippen MR) is 64.5 cm³/mol. The number of hydrogen-bond acceptors (Lipinski definition) is 4. The van der Waals surface area contributed by atoms with Crippen LogP contribution in [0.25, 0.3) is 0 Å². The number of halogens is 1. The maximum atomic E-state index is 13.3. The zero-order valence-corrected chi connectivity index (χ0v) is 10.7. The molecule has 1 aromatic rings. The average Bonchev–Trinajstić information content (AvgIpc) is 2.24. The lowest BCUT2D eigenvalue weighted by molar-refractivity contribution is -0.119. The standard InChI is InChI=1S/C10H14FN3O3S/c1-5-3-7(4-8(12)9(5)11)18(16,17)14-6(2)10(13)15/h3-4,6,14H,12H2,1-2H3,(H2,13,15). The highest BCUT2D eigenvalue weighted by Crippen LogP contribution is 2.20. The number of hydrogen-bond donors (Lipinski definition) is 3. The Morgan fingerprint density at radius 2 is 2.00 bits per heavy atom. The molecule has 1 amide bonds. The minimum absolute atomic E-state index is 0.0992. The number of sulfonamides is 1. The Bertz CT molecular complexity index is 563. The molecule has 0 saturated carbocycles. The van der Waals surface area contributed by atoms with E-state index in [-0.39, 0.29) is 16.1 Å². The van der Waals surface area contributed by atoms with Gasteiger partial charge >= 0.3 is 0 Å². The number of nitrogen functional groups attached to an aromatic ring is 1. The van der Waals surface area contributed by atoms with E-state index in [1.165, 1.54) is 13.8 Å². The molecule has 0 heterocycles. The summed E-state index contributed by atoms with van der Waals surface area (Å²) < 4.78 is 39.1. The van der Waals surface area contributed by atoms with Crippen molar-refractivity contribution in [2.45, 2.75) is 24.8 Å². The van der Waals surface area contributed by atoms with Crippen molar-refractivity contribution < 1.29 is 17.6 Å². The van der Waals surface area contributed by atoms with E-state index in [2.05, 4.69) is 4.72 Å². The summed E-state index contributed by atoms with van der Waals surface area (Å²) in [6.45, 7) is 2.70. The van der Waals surface area contributed by atoms with Gasteiger partial charge in [-0.2, -0.15) is 4.72 Å². The third-order valence-electron chi connectivity index (χ3n) is 2.33. The second kappa shape index (κ2) is 4.91. The molecule has 1 unspecified atom stereocenters. The van der Waals surface area contributed by atoms with Crippen LogP contribution in [0, 0.1) is 12.7 Å². The average molecular weight is 275 g/mol. The molecule has 0 aliphatic heterocycles. The van der Waals surface area contributed by atoms with E-state index < -0.39 is 27.8 Å². The summed E-state index contributed by atoms with van der Waals surface area (Å²) in [5.74, 6) is -1.48. The molecule has 0 spiro atoms. The van der Waals surface area contributed by atoms with E-state index in [0.717, 1.165) is 12.1 Å². The lowest BCUT2D eigenvalue weighted by atomic mass is 10.2. The zero-order chi connectivity index (χ0) is 14.1. The Kier molecular flexibility index (Phi) is 3.92. The summed E-state index contributed by atoms with van der Waals surface area (Å²) in [6, 6.07) is 1.04. The topological polar surface area (TPSA) is 115 Å². The summed E-state index contributed by atoms with van der Waals surface area (Å²) in [5, 5.41) is 0. The number of rotatable bonds is 4. The van der Waals surface area contributed by atoms with Crippen LogP contribution in [0.4, 0.5) is 10.1 Å². The molecule has 0 aromatic heterocycles. The predicted octanol–water partition coefficient (Wildman–Crippen LogP) is -0.132. The van der Waals surface area contributed by atoms with Crippen LogP contribution in [-0.2, 0) is 14.8 Å². The lowest BCUT2D eigenvalue weighted by Crippen LogP contribution is -2.42. The number of carbonyl (C=O) groups excluding carboxylic acids is 1. The normalized spacial score (nSPS) is 13.3. The SMILES string of the molecule is Cc1cc(S(=O)(=O)NC(C)C(N)=O)cc(N)c1F. The number of anilines is 1. The third-order valence-corrected chi connectivity index (χ3v) is 3.85. The molecule has 8 heteroatoms. The van der Waals surface area contributed by atoms with Crippen molar-refractivity contribution in [1.29, 1.82) is 0 Å². The second-order valence-corrected chi connectivity index (χ2v) is 5.60. The van der Waals surface area contributed by atoms with E-state index in [4.69, 9.17) is 11.5 Å². The van der Waals surface area contributed by atoms with Gasteiger partial charge in [0.15, 0.2) is 0 Å². The van der Waals surface area contributed by atoms with Crippen LogP contribution in [0.5, 0.6) is 0 Å². The van der Waals surface area contributed by atoms with Gasteiger partial charge in [0.05, 0.1) is 16.6 Å². The number of benzene rings is 1. The summed E-state index contributed by atoms with van der Waals surface area (Å²) in [7, 11) is -3.96. The molecule has 1 aromatic carbocycles. The highest BCUT2D eigenvalue weighted by Gasteiger charge is 2.22. The molecule has 0 bridgehead atoms. The molecule has 6 nitrogen and oxygen atoms in total. The molecule has 0 aliphatic rings. The zero-order valence-electron chi connectivity index (χ0n) is 9.90. The number of primary amides is 1. The molecular formula is C10H14FN3O3S. The van der Waals surface area contributed by atoms with Crippen molar-refractivity contribution in [2.24, 2.45) is 5.73 Å². The van der Waals surface area contributed by atoms with Gasteiger partial charge in [0, 0.05) is 0 Å². The van der Waals surface area contributed by atoms with E-state index in [1.807, 2.05) is 0 Å². The van der Waals surface area contributed by atoms with Gasteiger partial charge in [-0.1, -0.05) is 0 Å². The first-order valence-corrected chi connectivity index (χ1v) is 6.50. The molecule has 1 atom stereocenters. The first-order valence-electron chi connectivity index (χ1n) is 5.02. The molecular weight excluding hydrogens is 261 g/mol. The van der Waals surface area contributed by atoms with Gasteiger partial charge in [0.25, 0.3) is 0 Å². The number of amides is 1. The monoisotopic (exact) mass is 275 g/mol. The number of nitrogens with two attached hydrogens (primary N) is 2. The van der Waals surface area contributed by atoms with Crippen molar-refractivity contribution in [3.8, 4) is 0 Å².